The van der Waals surface area contributed by atoms with Gasteiger partial charge in [0.15, 0.2) is 6.10 Å². The van der Waals surface area contributed by atoms with Gasteiger partial charge in [0.1, 0.15) is 12.7 Å². The Hall–Kier alpha value is -2.30. The lowest BCUT2D eigenvalue weighted by molar-refractivity contribution is -0.161. The number of aliphatic hydroxyl groups excluding tert-OH is 1. The van der Waals surface area contributed by atoms with Gasteiger partial charge in [-0.05, 0) is 57.8 Å². The number of aliphatic hydroxyl groups is 1. The first-order valence-electron chi connectivity index (χ1n) is 30.9. The number of hydrogen-bond donors (Lipinski definition) is 2. The van der Waals surface area contributed by atoms with Crippen LogP contribution in [0.15, 0.2) is 36.5 Å². The zero-order valence-electron chi connectivity index (χ0n) is 48.1. The molecule has 0 saturated heterocycles. The highest BCUT2D eigenvalue weighted by Crippen LogP contribution is 2.43. The van der Waals surface area contributed by atoms with Crippen LogP contribution in [-0.2, 0) is 42.2 Å². The van der Waals surface area contributed by atoms with E-state index < -0.39 is 57.8 Å². The van der Waals surface area contributed by atoms with Crippen molar-refractivity contribution in [2.24, 2.45) is 0 Å². The smallest absolute Gasteiger partial charge is 0.462 e. The molecule has 0 bridgehead atoms. The molecule has 0 aliphatic heterocycles. The van der Waals surface area contributed by atoms with Crippen molar-refractivity contribution in [1.29, 1.82) is 0 Å². The van der Waals surface area contributed by atoms with E-state index >= 15 is 0 Å². The Morgan fingerprint density at radius 1 is 0.378 bits per heavy atom. The van der Waals surface area contributed by atoms with E-state index in [2.05, 4.69) is 57.2 Å². The molecule has 2 N–H and O–H groups in total. The summed E-state index contributed by atoms with van der Waals surface area (Å²) in [5.74, 6) is -1.45. The van der Waals surface area contributed by atoms with Crippen LogP contribution >= 0.6 is 7.82 Å². The Bertz CT molecular complexity index is 1380. The molecule has 0 aromatic rings. The van der Waals surface area contributed by atoms with Crippen LogP contribution in [-0.4, -0.2) is 66.5 Å². The molecular formula is C62H115O11P. The van der Waals surface area contributed by atoms with Crippen LogP contribution < -0.4 is 0 Å². The Morgan fingerprint density at radius 2 is 0.662 bits per heavy atom. The van der Waals surface area contributed by atoms with Crippen molar-refractivity contribution in [3.63, 3.8) is 0 Å². The van der Waals surface area contributed by atoms with Gasteiger partial charge in [0.05, 0.1) is 19.8 Å². The second kappa shape index (κ2) is 56.9. The molecule has 0 spiro atoms. The maximum Gasteiger partial charge on any atom is 0.472 e. The monoisotopic (exact) mass is 1070 g/mol. The van der Waals surface area contributed by atoms with Crippen molar-refractivity contribution >= 4 is 25.7 Å². The Morgan fingerprint density at radius 3 is 1.04 bits per heavy atom. The molecule has 3 unspecified atom stereocenters. The number of ether oxygens (including phenoxy) is 3. The van der Waals surface area contributed by atoms with Crippen molar-refractivity contribution in [1.82, 2.24) is 0 Å². The number of hydrogen-bond acceptors (Lipinski definition) is 10. The maximum absolute atomic E-state index is 12.9. The number of esters is 3. The third-order valence-corrected chi connectivity index (χ3v) is 14.5. The van der Waals surface area contributed by atoms with Crippen molar-refractivity contribution in [2.45, 2.75) is 315 Å². The summed E-state index contributed by atoms with van der Waals surface area (Å²) in [6, 6.07) is 0. The van der Waals surface area contributed by atoms with E-state index in [1.54, 1.807) is 0 Å². The van der Waals surface area contributed by atoms with E-state index in [1.807, 2.05) is 0 Å². The largest absolute Gasteiger partial charge is 0.472 e. The summed E-state index contributed by atoms with van der Waals surface area (Å²) in [4.78, 5) is 48.6. The average Bonchev–Trinajstić information content (AvgIpc) is 3.39. The minimum atomic E-state index is -4.74. The summed E-state index contributed by atoms with van der Waals surface area (Å²) in [6.45, 7) is 4.66. The van der Waals surface area contributed by atoms with Crippen LogP contribution in [0.3, 0.4) is 0 Å². The van der Waals surface area contributed by atoms with Crippen LogP contribution in [0.5, 0.6) is 0 Å². The number of rotatable bonds is 58. The van der Waals surface area contributed by atoms with Crippen molar-refractivity contribution in [3.05, 3.63) is 36.5 Å². The third kappa shape index (κ3) is 54.5. The molecule has 0 aliphatic carbocycles. The van der Waals surface area contributed by atoms with Crippen molar-refractivity contribution in [3.8, 4) is 0 Å². The first kappa shape index (κ1) is 71.7. The summed E-state index contributed by atoms with van der Waals surface area (Å²) >= 11 is 0. The summed E-state index contributed by atoms with van der Waals surface area (Å²) in [7, 11) is -4.74. The molecule has 0 fully saturated rings. The predicted molar refractivity (Wildman–Crippen MR) is 307 cm³/mol. The van der Waals surface area contributed by atoms with Crippen molar-refractivity contribution < 1.29 is 52.2 Å². The summed E-state index contributed by atoms with van der Waals surface area (Å²) in [5.41, 5.74) is 0. The Kier molecular flexibility index (Phi) is 55.1. The van der Waals surface area contributed by atoms with Gasteiger partial charge in [0.2, 0.25) is 0 Å². The van der Waals surface area contributed by atoms with E-state index in [4.69, 9.17) is 23.3 Å². The fourth-order valence-corrected chi connectivity index (χ4v) is 9.62. The molecule has 12 heteroatoms. The van der Waals surface area contributed by atoms with Gasteiger partial charge in [-0.15, -0.1) is 0 Å². The SMILES string of the molecule is CCCCC/C=C\C/C=C\C/C=C\CCCCCCCCC(=O)OCC(COP(=O)(O)OCC(CO)OC(=O)CCCCCCCCCCCCCCC)OC(=O)CCCCCCCCCCCCCCCCC. The van der Waals surface area contributed by atoms with Gasteiger partial charge in [0, 0.05) is 19.3 Å². The minimum absolute atomic E-state index is 0.170. The average molecular weight is 1070 g/mol. The lowest BCUT2D eigenvalue weighted by Gasteiger charge is -2.21. The van der Waals surface area contributed by atoms with Gasteiger partial charge in [-0.1, -0.05) is 263 Å². The molecular weight excluding hydrogens is 952 g/mol. The molecule has 0 amide bonds. The predicted octanol–water partition coefficient (Wildman–Crippen LogP) is 18.4. The lowest BCUT2D eigenvalue weighted by atomic mass is 10.0. The Balaban J connectivity index is 4.69. The van der Waals surface area contributed by atoms with Crippen LogP contribution in [0.1, 0.15) is 303 Å². The van der Waals surface area contributed by atoms with E-state index in [0.717, 1.165) is 89.9 Å². The Labute approximate surface area is 454 Å². The van der Waals surface area contributed by atoms with Crippen LogP contribution in [0, 0.1) is 0 Å². The first-order valence-corrected chi connectivity index (χ1v) is 32.4. The highest BCUT2D eigenvalue weighted by molar-refractivity contribution is 7.47. The van der Waals surface area contributed by atoms with E-state index in [0.29, 0.717) is 19.3 Å². The van der Waals surface area contributed by atoms with Gasteiger partial charge in [-0.25, -0.2) is 4.57 Å². The molecule has 3 atom stereocenters. The maximum atomic E-state index is 12.9. The standard InChI is InChI=1S/C62H115O11P/c1-4-7-10-13-16-19-22-25-27-28-29-30-32-34-36-39-42-45-48-51-60(64)69-55-59(73-62(66)53-50-47-44-41-38-35-31-26-23-20-17-14-11-8-5-2)57-71-74(67,68)70-56-58(54-63)72-61(65)52-49-46-43-40-37-33-24-21-18-15-12-9-6-3/h16,19,25,27,29-30,58-59,63H,4-15,17-18,20-24,26,28,31-57H2,1-3H3,(H,67,68)/b19-16-,27-25-,30-29-. The normalized spacial score (nSPS) is 13.5. The van der Waals surface area contributed by atoms with Crippen LogP contribution in [0.4, 0.5) is 0 Å². The fraction of sp³-hybridized carbons (Fsp3) is 0.855. The van der Waals surface area contributed by atoms with Gasteiger partial charge >= 0.3 is 25.7 Å². The number of allylic oxidation sites excluding steroid dienone is 6. The second-order valence-electron chi connectivity index (χ2n) is 20.9. The molecule has 11 nitrogen and oxygen atoms in total. The molecule has 74 heavy (non-hydrogen) atoms. The van der Waals surface area contributed by atoms with Crippen LogP contribution in [0.2, 0.25) is 0 Å². The zero-order chi connectivity index (χ0) is 54.1. The van der Waals surface area contributed by atoms with Gasteiger partial charge in [-0.3, -0.25) is 23.4 Å². The number of phosphoric ester groups is 1. The highest BCUT2D eigenvalue weighted by atomic mass is 31.2. The topological polar surface area (TPSA) is 155 Å². The third-order valence-electron chi connectivity index (χ3n) is 13.6. The molecule has 0 aromatic heterocycles. The van der Waals surface area contributed by atoms with Crippen LogP contribution in [0.25, 0.3) is 0 Å². The summed E-state index contributed by atoms with van der Waals surface area (Å²) < 4.78 is 39.6. The number of unbranched alkanes of at least 4 members (excludes halogenated alkanes) is 35. The number of carbonyl (C=O) groups excluding carboxylic acids is 3. The zero-order valence-corrected chi connectivity index (χ0v) is 49.0. The molecule has 0 aliphatic rings. The molecule has 0 heterocycles. The second-order valence-corrected chi connectivity index (χ2v) is 22.3. The number of phosphoric acid groups is 1. The van der Waals surface area contributed by atoms with E-state index in [1.165, 1.54) is 154 Å². The summed E-state index contributed by atoms with van der Waals surface area (Å²) in [5, 5.41) is 9.82. The molecule has 0 aromatic carbocycles. The molecule has 434 valence electrons. The van der Waals surface area contributed by atoms with E-state index in [-0.39, 0.29) is 25.9 Å². The molecule has 0 rings (SSSR count). The highest BCUT2D eigenvalue weighted by Gasteiger charge is 2.28. The molecule has 0 saturated carbocycles. The lowest BCUT2D eigenvalue weighted by Crippen LogP contribution is -2.30. The van der Waals surface area contributed by atoms with Gasteiger partial charge < -0.3 is 24.2 Å². The minimum Gasteiger partial charge on any atom is -0.462 e. The van der Waals surface area contributed by atoms with Gasteiger partial charge in [-0.2, -0.15) is 0 Å². The fourth-order valence-electron chi connectivity index (χ4n) is 8.84. The van der Waals surface area contributed by atoms with E-state index in [9.17, 15) is 28.9 Å². The number of carbonyl (C=O) groups is 3. The summed E-state index contributed by atoms with van der Waals surface area (Å²) in [6.07, 6.45) is 59.5. The first-order chi connectivity index (χ1) is 36.2. The quantitative estimate of drug-likeness (QED) is 0.0197. The van der Waals surface area contributed by atoms with Crippen molar-refractivity contribution in [2.75, 3.05) is 26.4 Å². The van der Waals surface area contributed by atoms with Gasteiger partial charge in [0.25, 0.3) is 0 Å². The molecule has 0 radical (unpaired) electrons.